The molecule has 238 valence electrons. The lowest BCUT2D eigenvalue weighted by molar-refractivity contribution is 0.672. The summed E-state index contributed by atoms with van der Waals surface area (Å²) in [6.07, 6.45) is 0. The van der Waals surface area contributed by atoms with E-state index in [1.54, 1.807) is 0 Å². The van der Waals surface area contributed by atoms with Crippen LogP contribution in [0.25, 0.3) is 74.8 Å². The lowest BCUT2D eigenvalue weighted by Gasteiger charge is -2.27. The number of nitrogens with zero attached hydrogens (tertiary/aromatic N) is 1. The van der Waals surface area contributed by atoms with Crippen molar-refractivity contribution in [3.8, 4) is 11.1 Å². The van der Waals surface area contributed by atoms with Gasteiger partial charge in [0.1, 0.15) is 11.2 Å². The van der Waals surface area contributed by atoms with Gasteiger partial charge in [-0.05, 0) is 69.8 Å². The minimum atomic E-state index is 0.361. The largest absolute Gasteiger partial charge is 0.455 e. The normalized spacial score (nSPS) is 12.0. The van der Waals surface area contributed by atoms with E-state index in [9.17, 15) is 0 Å². The fourth-order valence-electron chi connectivity index (χ4n) is 7.84. The van der Waals surface area contributed by atoms with Crippen LogP contribution in [0.2, 0.25) is 0 Å². The molecule has 0 aliphatic carbocycles. The molecule has 0 radical (unpaired) electrons. The third-order valence-corrected chi connectivity index (χ3v) is 11.4. The summed E-state index contributed by atoms with van der Waals surface area (Å²) < 4.78 is 9.31. The number of thiophene rings is 1. The predicted molar refractivity (Wildman–Crippen MR) is 216 cm³/mol. The average Bonchev–Trinajstić information content (AvgIpc) is 3.74. The smallest absolute Gasteiger partial charge is 0.143 e. The number of hydrogen-bond donors (Lipinski definition) is 0. The summed E-state index contributed by atoms with van der Waals surface area (Å²) >= 11 is 1.89. The maximum Gasteiger partial charge on any atom is 0.143 e. The highest BCUT2D eigenvalue weighted by Gasteiger charge is 2.23. The second kappa shape index (κ2) is 11.3. The van der Waals surface area contributed by atoms with Gasteiger partial charge in [-0.2, -0.15) is 0 Å². The molecule has 8 aromatic carbocycles. The van der Waals surface area contributed by atoms with Gasteiger partial charge in [0.05, 0.1) is 5.69 Å². The third kappa shape index (κ3) is 4.47. The van der Waals surface area contributed by atoms with E-state index in [-0.39, 0.29) is 0 Å². The standard InChI is InChI=1S/C47H33NOS/c1-29(2)35-20-11-21-43-45(35)41-28-42(37-18-8-9-19-39(37)46(41)49-43)48(33-16-10-15-32(26-33)30-12-4-3-5-13-30)34-23-25-38-40-24-22-31-14-6-7-17-36(31)47(40)50-44(38)27-34/h3-29H,1-2H3. The van der Waals surface area contributed by atoms with Gasteiger partial charge < -0.3 is 9.32 Å². The summed E-state index contributed by atoms with van der Waals surface area (Å²) in [6, 6.07) is 57.4. The van der Waals surface area contributed by atoms with Gasteiger partial charge in [-0.25, -0.2) is 0 Å². The van der Waals surface area contributed by atoms with E-state index in [4.69, 9.17) is 4.42 Å². The van der Waals surface area contributed by atoms with Crippen molar-refractivity contribution in [2.75, 3.05) is 4.90 Å². The van der Waals surface area contributed by atoms with Crippen LogP contribution in [0, 0.1) is 0 Å². The Morgan fingerprint density at radius 1 is 0.520 bits per heavy atom. The molecule has 0 unspecified atom stereocenters. The Morgan fingerprint density at radius 2 is 1.24 bits per heavy atom. The highest BCUT2D eigenvalue weighted by atomic mass is 32.1. The summed E-state index contributed by atoms with van der Waals surface area (Å²) in [6.45, 7) is 4.53. The van der Waals surface area contributed by atoms with Gasteiger partial charge in [-0.3, -0.25) is 0 Å². The summed E-state index contributed by atoms with van der Waals surface area (Å²) in [4.78, 5) is 2.45. The lowest BCUT2D eigenvalue weighted by atomic mass is 9.95. The van der Waals surface area contributed by atoms with Crippen molar-refractivity contribution in [2.24, 2.45) is 0 Å². The molecule has 0 spiro atoms. The molecule has 50 heavy (non-hydrogen) atoms. The fourth-order valence-corrected chi connectivity index (χ4v) is 9.11. The molecule has 0 aliphatic rings. The molecule has 0 bridgehead atoms. The van der Waals surface area contributed by atoms with Crippen molar-refractivity contribution in [1.82, 2.24) is 0 Å². The molecule has 3 heteroatoms. The van der Waals surface area contributed by atoms with Gasteiger partial charge in [-0.15, -0.1) is 11.3 Å². The Hall–Kier alpha value is -5.90. The van der Waals surface area contributed by atoms with Gasteiger partial charge in [0.25, 0.3) is 0 Å². The highest BCUT2D eigenvalue weighted by molar-refractivity contribution is 7.26. The first-order valence-electron chi connectivity index (χ1n) is 17.3. The second-order valence-electron chi connectivity index (χ2n) is 13.5. The first kappa shape index (κ1) is 29.1. The van der Waals surface area contributed by atoms with Gasteiger partial charge in [0.15, 0.2) is 0 Å². The zero-order chi connectivity index (χ0) is 33.3. The van der Waals surface area contributed by atoms with Crippen molar-refractivity contribution in [2.45, 2.75) is 19.8 Å². The molecule has 0 amide bonds. The number of rotatable bonds is 5. The van der Waals surface area contributed by atoms with Gasteiger partial charge in [0, 0.05) is 53.1 Å². The van der Waals surface area contributed by atoms with Crippen LogP contribution < -0.4 is 4.90 Å². The minimum absolute atomic E-state index is 0.361. The Morgan fingerprint density at radius 3 is 2.10 bits per heavy atom. The SMILES string of the molecule is CC(C)c1cccc2oc3c4ccccc4c(N(c4cccc(-c5ccccc5)c4)c4ccc5c(c4)sc4c6ccccc6ccc54)cc3c12. The maximum atomic E-state index is 6.69. The van der Waals surface area contributed by atoms with Crippen LogP contribution >= 0.6 is 11.3 Å². The Bertz CT molecular complexity index is 2910. The van der Waals surface area contributed by atoms with Crippen LogP contribution in [-0.2, 0) is 0 Å². The zero-order valence-electron chi connectivity index (χ0n) is 27.9. The zero-order valence-corrected chi connectivity index (χ0v) is 28.7. The minimum Gasteiger partial charge on any atom is -0.455 e. The summed E-state index contributed by atoms with van der Waals surface area (Å²) in [5.41, 5.74) is 8.93. The summed E-state index contributed by atoms with van der Waals surface area (Å²) in [7, 11) is 0. The molecule has 0 saturated carbocycles. The first-order valence-corrected chi connectivity index (χ1v) is 18.1. The molecule has 0 N–H and O–H groups in total. The van der Waals surface area contributed by atoms with Crippen molar-refractivity contribution in [3.63, 3.8) is 0 Å². The van der Waals surface area contributed by atoms with E-state index in [1.807, 2.05) is 11.3 Å². The molecule has 10 rings (SSSR count). The monoisotopic (exact) mass is 659 g/mol. The van der Waals surface area contributed by atoms with E-state index >= 15 is 0 Å². The predicted octanol–water partition coefficient (Wildman–Crippen LogP) is 14.5. The molecule has 0 fully saturated rings. The van der Waals surface area contributed by atoms with Crippen molar-refractivity contribution >= 4 is 92.1 Å². The van der Waals surface area contributed by atoms with Gasteiger partial charge in [-0.1, -0.05) is 135 Å². The highest BCUT2D eigenvalue weighted by Crippen LogP contribution is 2.48. The average molecular weight is 660 g/mol. The second-order valence-corrected chi connectivity index (χ2v) is 14.5. The van der Waals surface area contributed by atoms with E-state index in [2.05, 4.69) is 176 Å². The van der Waals surface area contributed by atoms with E-state index in [1.165, 1.54) is 53.0 Å². The molecule has 2 aromatic heterocycles. The molecule has 10 aromatic rings. The Labute approximate surface area is 294 Å². The summed E-state index contributed by atoms with van der Waals surface area (Å²) in [5.74, 6) is 0.361. The van der Waals surface area contributed by atoms with Crippen LogP contribution in [0.1, 0.15) is 25.3 Å². The van der Waals surface area contributed by atoms with E-state index in [0.717, 1.165) is 44.4 Å². The van der Waals surface area contributed by atoms with Crippen LogP contribution in [-0.4, -0.2) is 0 Å². The maximum absolute atomic E-state index is 6.69. The van der Waals surface area contributed by atoms with Crippen molar-refractivity contribution in [1.29, 1.82) is 0 Å². The molecule has 2 heterocycles. The molecular weight excluding hydrogens is 627 g/mol. The number of hydrogen-bond acceptors (Lipinski definition) is 3. The summed E-state index contributed by atoms with van der Waals surface area (Å²) in [5, 5.41) is 9.81. The van der Waals surface area contributed by atoms with Crippen LogP contribution in [0.3, 0.4) is 0 Å². The fraction of sp³-hybridized carbons (Fsp3) is 0.0638. The van der Waals surface area contributed by atoms with Crippen LogP contribution in [0.4, 0.5) is 17.1 Å². The number of benzene rings is 8. The molecule has 0 aliphatic heterocycles. The van der Waals surface area contributed by atoms with E-state index in [0.29, 0.717) is 5.92 Å². The van der Waals surface area contributed by atoms with Crippen LogP contribution in [0.15, 0.2) is 162 Å². The molecule has 2 nitrogen and oxygen atoms in total. The van der Waals surface area contributed by atoms with Gasteiger partial charge >= 0.3 is 0 Å². The first-order chi connectivity index (χ1) is 24.6. The van der Waals surface area contributed by atoms with E-state index < -0.39 is 0 Å². The number of fused-ring (bicyclic) bond motifs is 10. The van der Waals surface area contributed by atoms with Crippen LogP contribution in [0.5, 0.6) is 0 Å². The van der Waals surface area contributed by atoms with Crippen molar-refractivity contribution < 1.29 is 4.42 Å². The number of furan rings is 1. The van der Waals surface area contributed by atoms with Gasteiger partial charge in [0.2, 0.25) is 0 Å². The topological polar surface area (TPSA) is 16.4 Å². The molecular formula is C47H33NOS. The lowest BCUT2D eigenvalue weighted by Crippen LogP contribution is -2.10. The third-order valence-electron chi connectivity index (χ3n) is 10.2. The Kier molecular flexibility index (Phi) is 6.59. The molecule has 0 saturated heterocycles. The number of anilines is 3. The van der Waals surface area contributed by atoms with Crippen molar-refractivity contribution in [3.05, 3.63) is 163 Å². The quantitative estimate of drug-likeness (QED) is 0.183. The molecule has 0 atom stereocenters. The Balaban J connectivity index is 1.28.